The Bertz CT molecular complexity index is 855. The summed E-state index contributed by atoms with van der Waals surface area (Å²) in [4.78, 5) is 30.8. The predicted octanol–water partition coefficient (Wildman–Crippen LogP) is 4.00. The number of hydrogen-bond acceptors (Lipinski definition) is 7. The Labute approximate surface area is 181 Å². The highest BCUT2D eigenvalue weighted by atomic mass is 32.1. The fourth-order valence-electron chi connectivity index (χ4n) is 3.23. The molecule has 0 saturated carbocycles. The van der Waals surface area contributed by atoms with Crippen molar-refractivity contribution in [2.24, 2.45) is 5.73 Å². The summed E-state index contributed by atoms with van der Waals surface area (Å²) in [5.74, 6) is -0.249. The summed E-state index contributed by atoms with van der Waals surface area (Å²) in [5.41, 5.74) is 7.41. The first kappa shape index (κ1) is 22.2. The third-order valence-corrected chi connectivity index (χ3v) is 5.79. The van der Waals surface area contributed by atoms with Crippen molar-refractivity contribution < 1.29 is 19.1 Å². The molecule has 2 N–H and O–H groups in total. The molecule has 1 aliphatic heterocycles. The smallest absolute Gasteiger partial charge is 0.410 e. The van der Waals surface area contributed by atoms with Gasteiger partial charge in [0, 0.05) is 24.4 Å². The number of rotatable bonds is 5. The molecular weight excluding hydrogens is 402 g/mol. The molecule has 1 fully saturated rings. The van der Waals surface area contributed by atoms with Crippen LogP contribution in [0.3, 0.4) is 0 Å². The normalized spacial score (nSPS) is 16.2. The Morgan fingerprint density at radius 1 is 1.23 bits per heavy atom. The van der Waals surface area contributed by atoms with Gasteiger partial charge < -0.3 is 20.1 Å². The summed E-state index contributed by atoms with van der Waals surface area (Å²) in [6.07, 6.45) is 1.33. The summed E-state index contributed by atoms with van der Waals surface area (Å²) in [5, 5.41) is 2.51. The molecule has 2 heterocycles. The summed E-state index contributed by atoms with van der Waals surface area (Å²) in [7, 11) is 0. The molecule has 3 rings (SSSR count). The molecule has 2 aromatic rings. The van der Waals surface area contributed by atoms with E-state index in [0.717, 1.165) is 24.1 Å². The molecule has 0 bridgehead atoms. The molecule has 1 atom stereocenters. The quantitative estimate of drug-likeness (QED) is 0.719. The zero-order chi connectivity index (χ0) is 21.7. The van der Waals surface area contributed by atoms with Gasteiger partial charge in [-0.25, -0.2) is 14.6 Å². The van der Waals surface area contributed by atoms with Crippen LogP contribution in [-0.4, -0.2) is 40.6 Å². The number of nitrogens with two attached hydrogens (primary N) is 1. The van der Waals surface area contributed by atoms with Crippen molar-refractivity contribution in [2.75, 3.05) is 13.1 Å². The van der Waals surface area contributed by atoms with E-state index in [1.54, 1.807) is 4.90 Å². The number of esters is 1. The molecule has 162 valence electrons. The molecule has 0 spiro atoms. The minimum atomic E-state index is -0.894. The van der Waals surface area contributed by atoms with Gasteiger partial charge in [-0.05, 0) is 39.2 Å². The van der Waals surface area contributed by atoms with Crippen LogP contribution in [0.25, 0.3) is 0 Å². The highest BCUT2D eigenvalue weighted by Gasteiger charge is 2.29. The topological polar surface area (TPSA) is 94.8 Å². The number of carbonyl (C=O) groups is 2. The van der Waals surface area contributed by atoms with E-state index in [2.05, 4.69) is 4.98 Å². The number of amides is 1. The molecule has 0 aliphatic carbocycles. The maximum Gasteiger partial charge on any atom is 0.410 e. The van der Waals surface area contributed by atoms with Gasteiger partial charge >= 0.3 is 12.1 Å². The zero-order valence-corrected chi connectivity index (χ0v) is 18.5. The number of nitrogens with zero attached hydrogens (tertiary/aromatic N) is 2. The minimum absolute atomic E-state index is 0.189. The van der Waals surface area contributed by atoms with E-state index in [0.29, 0.717) is 18.1 Å². The lowest BCUT2D eigenvalue weighted by molar-refractivity contribution is -0.146. The van der Waals surface area contributed by atoms with Gasteiger partial charge in [-0.2, -0.15) is 0 Å². The van der Waals surface area contributed by atoms with Gasteiger partial charge in [-0.15, -0.1) is 11.3 Å². The molecule has 0 radical (unpaired) electrons. The largest absolute Gasteiger partial charge is 0.459 e. The van der Waals surface area contributed by atoms with Crippen molar-refractivity contribution in [1.82, 2.24) is 9.88 Å². The number of piperidine rings is 1. The number of aromatic nitrogens is 1. The number of hydrogen-bond donors (Lipinski definition) is 1. The number of benzene rings is 1. The highest BCUT2D eigenvalue weighted by molar-refractivity contribution is 7.09. The van der Waals surface area contributed by atoms with Crippen LogP contribution in [0.1, 0.15) is 61.8 Å². The minimum Gasteiger partial charge on any atom is -0.459 e. The second-order valence-corrected chi connectivity index (χ2v) is 9.31. The standard InChI is InChI=1S/C22H29N3O4S/c1-22(2,3)29-21(27)25-11-9-16(10-12-25)17-14-30-19(24-17)18(23)20(26)28-13-15-7-5-4-6-8-15/h4-8,14,16,18H,9-13,23H2,1-3H3. The number of carbonyl (C=O) groups excluding carboxylic acids is 2. The Kier molecular flexibility index (Phi) is 7.10. The molecular formula is C22H29N3O4S. The Balaban J connectivity index is 1.51. The SMILES string of the molecule is CC(C)(C)OC(=O)N1CCC(c2csc(C(N)C(=O)OCc3ccccc3)n2)CC1. The van der Waals surface area contributed by atoms with Gasteiger partial charge in [0.2, 0.25) is 0 Å². The molecule has 8 heteroatoms. The molecule has 1 aromatic heterocycles. The molecule has 1 saturated heterocycles. The lowest BCUT2D eigenvalue weighted by Crippen LogP contribution is -2.41. The van der Waals surface area contributed by atoms with Crippen LogP contribution in [0.4, 0.5) is 4.79 Å². The van der Waals surface area contributed by atoms with Crippen LogP contribution in [0.2, 0.25) is 0 Å². The van der Waals surface area contributed by atoms with Crippen LogP contribution in [0.5, 0.6) is 0 Å². The lowest BCUT2D eigenvalue weighted by atomic mass is 9.94. The monoisotopic (exact) mass is 431 g/mol. The molecule has 1 aromatic carbocycles. The second-order valence-electron chi connectivity index (χ2n) is 8.42. The maximum absolute atomic E-state index is 12.3. The van der Waals surface area contributed by atoms with Crippen molar-refractivity contribution >= 4 is 23.4 Å². The van der Waals surface area contributed by atoms with Gasteiger partial charge in [0.05, 0.1) is 5.69 Å². The summed E-state index contributed by atoms with van der Waals surface area (Å²) in [6.45, 7) is 7.03. The Hall–Kier alpha value is -2.45. The number of ether oxygens (including phenoxy) is 2. The fraction of sp³-hybridized carbons (Fsp3) is 0.500. The second kappa shape index (κ2) is 9.57. The molecule has 1 unspecified atom stereocenters. The molecule has 7 nitrogen and oxygen atoms in total. The average Bonchev–Trinajstić information content (AvgIpc) is 3.21. The first-order chi connectivity index (χ1) is 14.2. The van der Waals surface area contributed by atoms with Crippen LogP contribution >= 0.6 is 11.3 Å². The molecule has 1 aliphatic rings. The van der Waals surface area contributed by atoms with Crippen LogP contribution < -0.4 is 5.73 Å². The van der Waals surface area contributed by atoms with E-state index in [1.165, 1.54) is 11.3 Å². The third kappa shape index (κ3) is 6.03. The number of likely N-dealkylation sites (tertiary alicyclic amines) is 1. The summed E-state index contributed by atoms with van der Waals surface area (Å²) in [6, 6.07) is 8.59. The van der Waals surface area contributed by atoms with Crippen molar-refractivity contribution in [1.29, 1.82) is 0 Å². The molecule has 30 heavy (non-hydrogen) atoms. The fourth-order valence-corrected chi connectivity index (χ4v) is 4.12. The Morgan fingerprint density at radius 2 is 1.90 bits per heavy atom. The van der Waals surface area contributed by atoms with Crippen molar-refractivity contribution in [3.8, 4) is 0 Å². The predicted molar refractivity (Wildman–Crippen MR) is 115 cm³/mol. The van der Waals surface area contributed by atoms with Gasteiger partial charge in [-0.3, -0.25) is 0 Å². The van der Waals surface area contributed by atoms with Gasteiger partial charge in [0.15, 0.2) is 6.04 Å². The highest BCUT2D eigenvalue weighted by Crippen LogP contribution is 2.31. The average molecular weight is 432 g/mol. The van der Waals surface area contributed by atoms with E-state index in [9.17, 15) is 9.59 Å². The first-order valence-electron chi connectivity index (χ1n) is 10.1. The Morgan fingerprint density at radius 3 is 2.53 bits per heavy atom. The molecule has 1 amide bonds. The summed E-state index contributed by atoms with van der Waals surface area (Å²) >= 11 is 1.37. The van der Waals surface area contributed by atoms with E-state index in [4.69, 9.17) is 15.2 Å². The van der Waals surface area contributed by atoms with Gasteiger partial charge in [0.1, 0.15) is 17.2 Å². The van der Waals surface area contributed by atoms with Crippen LogP contribution in [-0.2, 0) is 20.9 Å². The van der Waals surface area contributed by atoms with Crippen molar-refractivity contribution in [3.05, 3.63) is 52.0 Å². The number of thiazole rings is 1. The van der Waals surface area contributed by atoms with E-state index in [-0.39, 0.29) is 18.6 Å². The van der Waals surface area contributed by atoms with Gasteiger partial charge in [-0.1, -0.05) is 30.3 Å². The van der Waals surface area contributed by atoms with E-state index < -0.39 is 17.6 Å². The maximum atomic E-state index is 12.3. The van der Waals surface area contributed by atoms with Crippen molar-refractivity contribution in [3.63, 3.8) is 0 Å². The lowest BCUT2D eigenvalue weighted by Gasteiger charge is -2.32. The summed E-state index contributed by atoms with van der Waals surface area (Å²) < 4.78 is 10.8. The van der Waals surface area contributed by atoms with Crippen molar-refractivity contribution in [2.45, 2.75) is 57.8 Å². The third-order valence-electron chi connectivity index (χ3n) is 4.85. The van der Waals surface area contributed by atoms with E-state index >= 15 is 0 Å². The van der Waals surface area contributed by atoms with Crippen LogP contribution in [0, 0.1) is 0 Å². The van der Waals surface area contributed by atoms with Gasteiger partial charge in [0.25, 0.3) is 0 Å². The van der Waals surface area contributed by atoms with Crippen LogP contribution in [0.15, 0.2) is 35.7 Å². The zero-order valence-electron chi connectivity index (χ0n) is 17.7. The first-order valence-corrected chi connectivity index (χ1v) is 11.0. The van der Waals surface area contributed by atoms with E-state index in [1.807, 2.05) is 56.5 Å².